The lowest BCUT2D eigenvalue weighted by molar-refractivity contribution is 0.324. The predicted molar refractivity (Wildman–Crippen MR) is 67.2 cm³/mol. The van der Waals surface area contributed by atoms with Crippen molar-refractivity contribution in [2.45, 2.75) is 19.8 Å². The minimum Gasteiger partial charge on any atom is -0.477 e. The standard InChI is InChI=1S/C12H20N4O/c1-2-17-12-8-14-7-11(15-12)16-5-3-4-10(6-13)9-16/h7-8,10H,2-6,9,13H2,1H3. The monoisotopic (exact) mass is 236 g/mol. The molecule has 0 bridgehead atoms. The van der Waals surface area contributed by atoms with E-state index in [0.29, 0.717) is 18.4 Å². The van der Waals surface area contributed by atoms with Crippen LogP contribution in [0.4, 0.5) is 5.82 Å². The van der Waals surface area contributed by atoms with Crippen LogP contribution in [0, 0.1) is 5.92 Å². The molecule has 1 saturated heterocycles. The molecule has 2 heterocycles. The number of anilines is 1. The van der Waals surface area contributed by atoms with Gasteiger partial charge in [0.2, 0.25) is 5.88 Å². The molecule has 17 heavy (non-hydrogen) atoms. The lowest BCUT2D eigenvalue weighted by Gasteiger charge is -2.32. The molecular weight excluding hydrogens is 216 g/mol. The number of rotatable bonds is 4. The fourth-order valence-electron chi connectivity index (χ4n) is 2.17. The summed E-state index contributed by atoms with van der Waals surface area (Å²) >= 11 is 0. The van der Waals surface area contributed by atoms with Crippen molar-refractivity contribution in [3.05, 3.63) is 12.4 Å². The van der Waals surface area contributed by atoms with Gasteiger partial charge in [0, 0.05) is 13.1 Å². The molecule has 94 valence electrons. The van der Waals surface area contributed by atoms with E-state index in [-0.39, 0.29) is 0 Å². The van der Waals surface area contributed by atoms with Crippen molar-refractivity contribution in [1.82, 2.24) is 9.97 Å². The number of hydrogen-bond acceptors (Lipinski definition) is 5. The Morgan fingerprint density at radius 2 is 2.41 bits per heavy atom. The second-order valence-electron chi connectivity index (χ2n) is 4.34. The molecule has 5 nitrogen and oxygen atoms in total. The number of hydrogen-bond donors (Lipinski definition) is 1. The number of ether oxygens (including phenoxy) is 1. The first-order valence-corrected chi connectivity index (χ1v) is 6.23. The van der Waals surface area contributed by atoms with Crippen molar-refractivity contribution in [1.29, 1.82) is 0 Å². The number of nitrogens with zero attached hydrogens (tertiary/aromatic N) is 3. The van der Waals surface area contributed by atoms with Gasteiger partial charge in [-0.15, -0.1) is 0 Å². The van der Waals surface area contributed by atoms with E-state index in [1.165, 1.54) is 12.8 Å². The fourth-order valence-corrected chi connectivity index (χ4v) is 2.17. The SMILES string of the molecule is CCOc1cncc(N2CCCC(CN)C2)n1. The Kier molecular flexibility index (Phi) is 4.14. The third-order valence-corrected chi connectivity index (χ3v) is 3.07. The fraction of sp³-hybridized carbons (Fsp3) is 0.667. The third-order valence-electron chi connectivity index (χ3n) is 3.07. The van der Waals surface area contributed by atoms with Crippen molar-refractivity contribution in [3.8, 4) is 5.88 Å². The zero-order chi connectivity index (χ0) is 12.1. The minimum atomic E-state index is 0.571. The van der Waals surface area contributed by atoms with E-state index in [2.05, 4.69) is 14.9 Å². The average Bonchev–Trinajstić information content (AvgIpc) is 2.40. The Hall–Kier alpha value is -1.36. The summed E-state index contributed by atoms with van der Waals surface area (Å²) in [5, 5.41) is 0. The highest BCUT2D eigenvalue weighted by molar-refractivity contribution is 5.38. The Morgan fingerprint density at radius 1 is 1.53 bits per heavy atom. The molecule has 1 aromatic rings. The van der Waals surface area contributed by atoms with Crippen LogP contribution in [-0.4, -0.2) is 36.2 Å². The zero-order valence-electron chi connectivity index (χ0n) is 10.3. The van der Waals surface area contributed by atoms with E-state index < -0.39 is 0 Å². The van der Waals surface area contributed by atoms with Gasteiger partial charge in [0.25, 0.3) is 0 Å². The largest absolute Gasteiger partial charge is 0.477 e. The van der Waals surface area contributed by atoms with Crippen molar-refractivity contribution >= 4 is 5.82 Å². The van der Waals surface area contributed by atoms with Crippen LogP contribution in [0.5, 0.6) is 5.88 Å². The van der Waals surface area contributed by atoms with Crippen LogP contribution >= 0.6 is 0 Å². The minimum absolute atomic E-state index is 0.571. The normalized spacial score (nSPS) is 20.4. The van der Waals surface area contributed by atoms with Gasteiger partial charge in [0.1, 0.15) is 0 Å². The second-order valence-corrected chi connectivity index (χ2v) is 4.34. The van der Waals surface area contributed by atoms with E-state index in [0.717, 1.165) is 25.5 Å². The second kappa shape index (κ2) is 5.82. The summed E-state index contributed by atoms with van der Waals surface area (Å²) in [6.07, 6.45) is 5.83. The van der Waals surface area contributed by atoms with Gasteiger partial charge in [-0.25, -0.2) is 0 Å². The van der Waals surface area contributed by atoms with Crippen LogP contribution in [0.2, 0.25) is 0 Å². The number of aromatic nitrogens is 2. The molecule has 5 heteroatoms. The van der Waals surface area contributed by atoms with Gasteiger partial charge in [0.05, 0.1) is 19.0 Å². The summed E-state index contributed by atoms with van der Waals surface area (Å²) < 4.78 is 5.37. The maximum absolute atomic E-state index is 5.73. The topological polar surface area (TPSA) is 64.3 Å². The first kappa shape index (κ1) is 12.1. The van der Waals surface area contributed by atoms with Crippen molar-refractivity contribution in [2.24, 2.45) is 11.7 Å². The lowest BCUT2D eigenvalue weighted by atomic mass is 9.98. The highest BCUT2D eigenvalue weighted by atomic mass is 16.5. The lowest BCUT2D eigenvalue weighted by Crippen LogP contribution is -2.38. The molecule has 2 N–H and O–H groups in total. The van der Waals surface area contributed by atoms with Crippen molar-refractivity contribution in [2.75, 3.05) is 31.1 Å². The van der Waals surface area contributed by atoms with Gasteiger partial charge in [0.15, 0.2) is 5.82 Å². The first-order valence-electron chi connectivity index (χ1n) is 6.23. The molecular formula is C12H20N4O. The molecule has 1 unspecified atom stereocenters. The molecule has 1 aromatic heterocycles. The number of piperidine rings is 1. The van der Waals surface area contributed by atoms with Gasteiger partial charge in [-0.2, -0.15) is 4.98 Å². The van der Waals surface area contributed by atoms with E-state index in [1.807, 2.05) is 6.92 Å². The molecule has 1 atom stereocenters. The molecule has 0 aromatic carbocycles. The van der Waals surface area contributed by atoms with Gasteiger partial charge in [-0.05, 0) is 32.2 Å². The Morgan fingerprint density at radius 3 is 3.18 bits per heavy atom. The summed E-state index contributed by atoms with van der Waals surface area (Å²) in [6, 6.07) is 0. The van der Waals surface area contributed by atoms with E-state index in [1.54, 1.807) is 12.4 Å². The van der Waals surface area contributed by atoms with Crippen LogP contribution in [0.1, 0.15) is 19.8 Å². The molecule has 0 radical (unpaired) electrons. The van der Waals surface area contributed by atoms with E-state index in [4.69, 9.17) is 10.5 Å². The smallest absolute Gasteiger partial charge is 0.234 e. The molecule has 0 saturated carbocycles. The van der Waals surface area contributed by atoms with Crippen LogP contribution in [0.3, 0.4) is 0 Å². The molecule has 1 fully saturated rings. The van der Waals surface area contributed by atoms with Crippen molar-refractivity contribution in [3.63, 3.8) is 0 Å². The van der Waals surface area contributed by atoms with Crippen LogP contribution < -0.4 is 15.4 Å². The molecule has 0 spiro atoms. The van der Waals surface area contributed by atoms with Gasteiger partial charge in [-0.3, -0.25) is 4.98 Å². The predicted octanol–water partition coefficient (Wildman–Crippen LogP) is 1.05. The summed E-state index contributed by atoms with van der Waals surface area (Å²) in [5.74, 6) is 2.07. The van der Waals surface area contributed by atoms with Crippen LogP contribution in [0.15, 0.2) is 12.4 Å². The van der Waals surface area contributed by atoms with Gasteiger partial charge in [-0.1, -0.05) is 0 Å². The Bertz CT molecular complexity index is 358. The average molecular weight is 236 g/mol. The zero-order valence-corrected chi connectivity index (χ0v) is 10.3. The van der Waals surface area contributed by atoms with E-state index in [9.17, 15) is 0 Å². The summed E-state index contributed by atoms with van der Waals surface area (Å²) in [7, 11) is 0. The Labute approximate surface area is 102 Å². The van der Waals surface area contributed by atoms with Crippen LogP contribution in [0.25, 0.3) is 0 Å². The number of nitrogens with two attached hydrogens (primary N) is 1. The van der Waals surface area contributed by atoms with Gasteiger partial charge >= 0.3 is 0 Å². The Balaban J connectivity index is 2.07. The molecule has 1 aliphatic rings. The maximum atomic E-state index is 5.73. The molecule has 0 aliphatic carbocycles. The quantitative estimate of drug-likeness (QED) is 0.846. The molecule has 0 amide bonds. The van der Waals surface area contributed by atoms with Crippen LogP contribution in [-0.2, 0) is 0 Å². The molecule has 1 aliphatic heterocycles. The summed E-state index contributed by atoms with van der Waals surface area (Å²) in [6.45, 7) is 5.31. The van der Waals surface area contributed by atoms with E-state index >= 15 is 0 Å². The third kappa shape index (κ3) is 3.06. The maximum Gasteiger partial charge on any atom is 0.234 e. The molecule has 2 rings (SSSR count). The highest BCUT2D eigenvalue weighted by Gasteiger charge is 2.20. The highest BCUT2D eigenvalue weighted by Crippen LogP contribution is 2.21. The first-order chi connectivity index (χ1) is 8.33. The van der Waals surface area contributed by atoms with Gasteiger partial charge < -0.3 is 15.4 Å². The summed E-state index contributed by atoms with van der Waals surface area (Å²) in [4.78, 5) is 10.9. The summed E-state index contributed by atoms with van der Waals surface area (Å²) in [5.41, 5.74) is 5.73. The van der Waals surface area contributed by atoms with Crippen molar-refractivity contribution < 1.29 is 4.74 Å².